The summed E-state index contributed by atoms with van der Waals surface area (Å²) >= 11 is 0. The average molecular weight is 258 g/mol. The zero-order chi connectivity index (χ0) is 14.2. The molecule has 1 aromatic heterocycles. The molecule has 0 fully saturated rings. The van der Waals surface area contributed by atoms with Crippen LogP contribution < -0.4 is 0 Å². The Morgan fingerprint density at radius 1 is 1.21 bits per heavy atom. The van der Waals surface area contributed by atoms with E-state index in [1.165, 1.54) is 0 Å². The number of para-hydroxylation sites is 1. The first-order valence-corrected chi connectivity index (χ1v) is 6.73. The zero-order valence-corrected chi connectivity index (χ0v) is 12.4. The van der Waals surface area contributed by atoms with Crippen molar-refractivity contribution in [3.05, 3.63) is 41.2 Å². The van der Waals surface area contributed by atoms with E-state index in [9.17, 15) is 5.11 Å². The molecule has 0 bridgehead atoms. The van der Waals surface area contributed by atoms with Crippen LogP contribution in [0.5, 0.6) is 5.75 Å². The van der Waals surface area contributed by atoms with E-state index in [1.54, 1.807) is 0 Å². The van der Waals surface area contributed by atoms with Gasteiger partial charge in [-0.15, -0.1) is 0 Å². The van der Waals surface area contributed by atoms with Crippen LogP contribution in [0.1, 0.15) is 44.6 Å². The summed E-state index contributed by atoms with van der Waals surface area (Å²) in [4.78, 5) is 0. The molecule has 0 spiro atoms. The Morgan fingerprint density at radius 3 is 2.37 bits per heavy atom. The minimum atomic E-state index is -0.165. The zero-order valence-electron chi connectivity index (χ0n) is 12.4. The molecule has 1 heterocycles. The first kappa shape index (κ1) is 13.7. The fourth-order valence-electron chi connectivity index (χ4n) is 2.27. The van der Waals surface area contributed by atoms with Crippen LogP contribution in [0.15, 0.2) is 24.3 Å². The fourth-order valence-corrected chi connectivity index (χ4v) is 2.27. The third-order valence-corrected chi connectivity index (χ3v) is 3.34. The lowest BCUT2D eigenvalue weighted by molar-refractivity contribution is 0.440. The van der Waals surface area contributed by atoms with Crippen LogP contribution in [0.3, 0.4) is 0 Å². The molecule has 19 heavy (non-hydrogen) atoms. The minimum Gasteiger partial charge on any atom is -0.504 e. The van der Waals surface area contributed by atoms with Crippen LogP contribution in [0.2, 0.25) is 0 Å². The van der Waals surface area contributed by atoms with Gasteiger partial charge in [-0.3, -0.25) is 0 Å². The summed E-state index contributed by atoms with van der Waals surface area (Å²) in [5, 5.41) is 15.1. The Hall–Kier alpha value is -1.77. The van der Waals surface area contributed by atoms with Gasteiger partial charge in [0.2, 0.25) is 0 Å². The Morgan fingerprint density at radius 2 is 1.84 bits per heavy atom. The fraction of sp³-hybridized carbons (Fsp3) is 0.438. The number of rotatable bonds is 2. The third kappa shape index (κ3) is 2.37. The molecular formula is C16H22N2O. The van der Waals surface area contributed by atoms with Crippen molar-refractivity contribution in [1.29, 1.82) is 0 Å². The van der Waals surface area contributed by atoms with Crippen LogP contribution in [-0.4, -0.2) is 14.9 Å². The molecule has 2 aromatic rings. The van der Waals surface area contributed by atoms with E-state index in [1.807, 2.05) is 29.8 Å². The first-order valence-electron chi connectivity index (χ1n) is 6.73. The van der Waals surface area contributed by atoms with Gasteiger partial charge in [0, 0.05) is 5.41 Å². The molecule has 3 heteroatoms. The SMILES string of the molecule is CCc1c(O)c(C(C)(C)C)nn1-c1ccccc1C. The second-order valence-electron chi connectivity index (χ2n) is 5.95. The van der Waals surface area contributed by atoms with Crippen molar-refractivity contribution >= 4 is 0 Å². The lowest BCUT2D eigenvalue weighted by atomic mass is 9.91. The molecule has 1 N–H and O–H groups in total. The summed E-state index contributed by atoms with van der Waals surface area (Å²) in [5.41, 5.74) is 3.65. The predicted molar refractivity (Wildman–Crippen MR) is 78.0 cm³/mol. The van der Waals surface area contributed by atoms with E-state index in [0.29, 0.717) is 5.75 Å². The Bertz CT molecular complexity index is 591. The minimum absolute atomic E-state index is 0.165. The van der Waals surface area contributed by atoms with Gasteiger partial charge < -0.3 is 5.11 Å². The molecule has 0 aliphatic rings. The summed E-state index contributed by atoms with van der Waals surface area (Å²) in [5.74, 6) is 0.332. The molecule has 0 radical (unpaired) electrons. The number of aromatic nitrogens is 2. The van der Waals surface area contributed by atoms with Crippen molar-refractivity contribution in [1.82, 2.24) is 9.78 Å². The molecule has 0 saturated heterocycles. The van der Waals surface area contributed by atoms with Crippen molar-refractivity contribution in [2.24, 2.45) is 0 Å². The van der Waals surface area contributed by atoms with E-state index in [0.717, 1.165) is 29.1 Å². The highest BCUT2D eigenvalue weighted by atomic mass is 16.3. The Balaban J connectivity index is 2.68. The molecule has 0 atom stereocenters. The normalized spacial score (nSPS) is 11.8. The number of hydrogen-bond acceptors (Lipinski definition) is 2. The van der Waals surface area contributed by atoms with Crippen LogP contribution in [-0.2, 0) is 11.8 Å². The predicted octanol–water partition coefficient (Wildman–Crippen LogP) is 3.75. The van der Waals surface area contributed by atoms with Gasteiger partial charge in [-0.05, 0) is 25.0 Å². The van der Waals surface area contributed by atoms with Gasteiger partial charge in [0.1, 0.15) is 5.69 Å². The van der Waals surface area contributed by atoms with E-state index in [2.05, 4.69) is 38.9 Å². The van der Waals surface area contributed by atoms with Crippen molar-refractivity contribution in [3.63, 3.8) is 0 Å². The van der Waals surface area contributed by atoms with Crippen LogP contribution in [0, 0.1) is 6.92 Å². The molecule has 2 rings (SSSR count). The van der Waals surface area contributed by atoms with Gasteiger partial charge in [0.25, 0.3) is 0 Å². The van der Waals surface area contributed by atoms with E-state index in [4.69, 9.17) is 0 Å². The largest absolute Gasteiger partial charge is 0.504 e. The second-order valence-corrected chi connectivity index (χ2v) is 5.95. The quantitative estimate of drug-likeness (QED) is 0.891. The topological polar surface area (TPSA) is 38.1 Å². The maximum atomic E-state index is 10.4. The summed E-state index contributed by atoms with van der Waals surface area (Å²) in [6.45, 7) is 10.3. The van der Waals surface area contributed by atoms with E-state index >= 15 is 0 Å². The maximum absolute atomic E-state index is 10.4. The van der Waals surface area contributed by atoms with Crippen molar-refractivity contribution in [2.75, 3.05) is 0 Å². The number of aromatic hydroxyl groups is 1. The molecule has 3 nitrogen and oxygen atoms in total. The molecule has 0 aliphatic heterocycles. The van der Waals surface area contributed by atoms with Crippen LogP contribution in [0.4, 0.5) is 0 Å². The molecule has 0 saturated carbocycles. The third-order valence-electron chi connectivity index (χ3n) is 3.34. The summed E-state index contributed by atoms with van der Waals surface area (Å²) in [6.07, 6.45) is 0.753. The number of nitrogens with zero attached hydrogens (tertiary/aromatic N) is 2. The molecule has 1 aromatic carbocycles. The molecule has 0 aliphatic carbocycles. The molecule has 0 amide bonds. The lowest BCUT2D eigenvalue weighted by Gasteiger charge is -2.15. The van der Waals surface area contributed by atoms with Gasteiger partial charge in [-0.2, -0.15) is 5.10 Å². The van der Waals surface area contributed by atoms with Crippen molar-refractivity contribution in [2.45, 2.75) is 46.5 Å². The Kier molecular flexibility index (Phi) is 3.40. The van der Waals surface area contributed by atoms with Crippen LogP contribution >= 0.6 is 0 Å². The van der Waals surface area contributed by atoms with Gasteiger partial charge >= 0.3 is 0 Å². The summed E-state index contributed by atoms with van der Waals surface area (Å²) < 4.78 is 1.88. The maximum Gasteiger partial charge on any atom is 0.161 e. The highest BCUT2D eigenvalue weighted by molar-refractivity contribution is 5.46. The highest BCUT2D eigenvalue weighted by Gasteiger charge is 2.26. The number of aryl methyl sites for hydroxylation is 1. The number of benzene rings is 1. The smallest absolute Gasteiger partial charge is 0.161 e. The molecule has 0 unspecified atom stereocenters. The van der Waals surface area contributed by atoms with Gasteiger partial charge in [-0.1, -0.05) is 45.9 Å². The summed E-state index contributed by atoms with van der Waals surface area (Å²) in [7, 11) is 0. The lowest BCUT2D eigenvalue weighted by Crippen LogP contribution is -2.13. The average Bonchev–Trinajstić information content (AvgIpc) is 2.66. The highest BCUT2D eigenvalue weighted by Crippen LogP contribution is 2.34. The van der Waals surface area contributed by atoms with Crippen LogP contribution in [0.25, 0.3) is 5.69 Å². The Labute approximate surface area is 114 Å². The second kappa shape index (κ2) is 4.72. The molecule has 102 valence electrons. The van der Waals surface area contributed by atoms with Gasteiger partial charge in [0.15, 0.2) is 5.75 Å². The van der Waals surface area contributed by atoms with E-state index in [-0.39, 0.29) is 5.41 Å². The van der Waals surface area contributed by atoms with Gasteiger partial charge in [-0.25, -0.2) is 4.68 Å². The van der Waals surface area contributed by atoms with Crippen molar-refractivity contribution in [3.8, 4) is 11.4 Å². The standard InChI is InChI=1S/C16H22N2O/c1-6-12-14(19)15(16(3,4)5)17-18(12)13-10-8-7-9-11(13)2/h7-10,19H,6H2,1-5H3. The van der Waals surface area contributed by atoms with Crippen molar-refractivity contribution < 1.29 is 5.11 Å². The number of hydrogen-bond donors (Lipinski definition) is 1. The van der Waals surface area contributed by atoms with Gasteiger partial charge in [0.05, 0.1) is 11.4 Å². The summed E-state index contributed by atoms with van der Waals surface area (Å²) in [6, 6.07) is 8.10. The first-order chi connectivity index (χ1) is 8.86. The van der Waals surface area contributed by atoms with E-state index < -0.39 is 0 Å². The monoisotopic (exact) mass is 258 g/mol. The molecular weight excluding hydrogens is 236 g/mol.